The van der Waals surface area contributed by atoms with Gasteiger partial charge < -0.3 is 5.73 Å². The Balaban J connectivity index is 2.34. The summed E-state index contributed by atoms with van der Waals surface area (Å²) < 4.78 is 25.7. The number of hydrogen-bond donors (Lipinski definition) is 1. The number of rotatable bonds is 1. The molecule has 1 aliphatic carbocycles. The van der Waals surface area contributed by atoms with E-state index in [-0.39, 0.29) is 12.2 Å². The van der Waals surface area contributed by atoms with E-state index in [2.05, 4.69) is 9.97 Å². The fraction of sp³-hybridized carbons (Fsp3) is 0.500. The van der Waals surface area contributed by atoms with Crippen molar-refractivity contribution >= 4 is 5.82 Å². The Kier molecular flexibility index (Phi) is 1.38. The Labute approximate surface area is 74.0 Å². The summed E-state index contributed by atoms with van der Waals surface area (Å²) in [4.78, 5) is 7.57. The predicted octanol–water partition coefficient (Wildman–Crippen LogP) is 1.36. The lowest BCUT2D eigenvalue weighted by Gasteiger charge is -2.07. The molecule has 1 saturated carbocycles. The summed E-state index contributed by atoms with van der Waals surface area (Å²) >= 11 is 0. The highest BCUT2D eigenvalue weighted by molar-refractivity contribution is 5.32. The maximum absolute atomic E-state index is 12.9. The van der Waals surface area contributed by atoms with Gasteiger partial charge in [-0.1, -0.05) is 0 Å². The molecule has 3 nitrogen and oxygen atoms in total. The van der Waals surface area contributed by atoms with Crippen LogP contribution in [0.15, 0.2) is 12.4 Å². The summed E-state index contributed by atoms with van der Waals surface area (Å²) in [6.07, 6.45) is 2.46. The Morgan fingerprint density at radius 2 is 2.00 bits per heavy atom. The fourth-order valence-electron chi connectivity index (χ4n) is 1.30. The molecule has 0 bridgehead atoms. The first kappa shape index (κ1) is 8.34. The largest absolute Gasteiger partial charge is 0.382 e. The average molecular weight is 185 g/mol. The third kappa shape index (κ3) is 1.07. The van der Waals surface area contributed by atoms with Crippen LogP contribution in [0.1, 0.15) is 19.0 Å². The van der Waals surface area contributed by atoms with E-state index in [9.17, 15) is 8.78 Å². The van der Waals surface area contributed by atoms with Crippen LogP contribution in [-0.4, -0.2) is 15.9 Å². The van der Waals surface area contributed by atoms with Crippen molar-refractivity contribution in [1.29, 1.82) is 0 Å². The van der Waals surface area contributed by atoms with E-state index in [1.165, 1.54) is 19.3 Å². The number of halogens is 2. The molecule has 1 fully saturated rings. The zero-order valence-electron chi connectivity index (χ0n) is 7.09. The molecule has 0 aromatic carbocycles. The van der Waals surface area contributed by atoms with Gasteiger partial charge in [-0.3, -0.25) is 4.98 Å². The Morgan fingerprint density at radius 3 is 2.38 bits per heavy atom. The molecule has 1 aromatic heterocycles. The van der Waals surface area contributed by atoms with Crippen LogP contribution in [-0.2, 0) is 5.41 Å². The van der Waals surface area contributed by atoms with Crippen molar-refractivity contribution in [2.45, 2.75) is 24.7 Å². The van der Waals surface area contributed by atoms with E-state index in [0.29, 0.717) is 5.69 Å². The second-order valence-corrected chi connectivity index (χ2v) is 3.54. The lowest BCUT2D eigenvalue weighted by Crippen LogP contribution is -2.14. The lowest BCUT2D eigenvalue weighted by molar-refractivity contribution is 0.0909. The second-order valence-electron chi connectivity index (χ2n) is 3.54. The Hall–Kier alpha value is -1.26. The highest BCUT2D eigenvalue weighted by Crippen LogP contribution is 2.60. The minimum atomic E-state index is -2.64. The van der Waals surface area contributed by atoms with Crippen LogP contribution in [0.4, 0.5) is 14.6 Å². The maximum atomic E-state index is 12.9. The first-order valence-corrected chi connectivity index (χ1v) is 3.91. The summed E-state index contributed by atoms with van der Waals surface area (Å²) in [5.41, 5.74) is 4.48. The quantitative estimate of drug-likeness (QED) is 0.718. The van der Waals surface area contributed by atoms with Crippen LogP contribution in [0, 0.1) is 0 Å². The van der Waals surface area contributed by atoms with Crippen LogP contribution < -0.4 is 5.73 Å². The van der Waals surface area contributed by atoms with Gasteiger partial charge in [0.2, 0.25) is 0 Å². The van der Waals surface area contributed by atoms with Crippen LogP contribution >= 0.6 is 0 Å². The molecule has 0 amide bonds. The van der Waals surface area contributed by atoms with Gasteiger partial charge in [0.1, 0.15) is 5.82 Å². The van der Waals surface area contributed by atoms with Gasteiger partial charge in [0.25, 0.3) is 5.92 Å². The third-order valence-electron chi connectivity index (χ3n) is 2.49. The van der Waals surface area contributed by atoms with E-state index in [4.69, 9.17) is 5.73 Å². The molecule has 0 saturated heterocycles. The monoisotopic (exact) mass is 185 g/mol. The van der Waals surface area contributed by atoms with Crippen molar-refractivity contribution in [2.24, 2.45) is 0 Å². The standard InChI is InChI=1S/C8H9F2N3/c1-7(4-8(7,9)10)5-2-13-6(11)3-12-5/h2-3H,4H2,1H3,(H2,11,13). The normalized spacial score (nSPS) is 30.1. The van der Waals surface area contributed by atoms with E-state index in [1.807, 2.05) is 0 Å². The average Bonchev–Trinajstić information content (AvgIpc) is 2.53. The van der Waals surface area contributed by atoms with Gasteiger partial charge in [0, 0.05) is 6.42 Å². The Morgan fingerprint density at radius 1 is 1.38 bits per heavy atom. The molecule has 5 heteroatoms. The van der Waals surface area contributed by atoms with Gasteiger partial charge in [-0.2, -0.15) is 0 Å². The zero-order valence-corrected chi connectivity index (χ0v) is 7.09. The lowest BCUT2D eigenvalue weighted by atomic mass is 10.1. The minimum Gasteiger partial charge on any atom is -0.382 e. The smallest absolute Gasteiger partial charge is 0.260 e. The van der Waals surface area contributed by atoms with Crippen molar-refractivity contribution in [3.05, 3.63) is 18.1 Å². The topological polar surface area (TPSA) is 51.8 Å². The van der Waals surface area contributed by atoms with Gasteiger partial charge in [-0.05, 0) is 6.92 Å². The Bertz CT molecular complexity index is 336. The summed E-state index contributed by atoms with van der Waals surface area (Å²) in [5, 5.41) is 0. The molecular weight excluding hydrogens is 176 g/mol. The van der Waals surface area contributed by atoms with Crippen molar-refractivity contribution in [2.75, 3.05) is 5.73 Å². The summed E-state index contributed by atoms with van der Waals surface area (Å²) in [6, 6.07) is 0. The fourth-order valence-corrected chi connectivity index (χ4v) is 1.30. The maximum Gasteiger partial charge on any atom is 0.260 e. The van der Waals surface area contributed by atoms with E-state index >= 15 is 0 Å². The number of nitrogens with zero attached hydrogens (tertiary/aromatic N) is 2. The number of hydrogen-bond acceptors (Lipinski definition) is 3. The highest BCUT2D eigenvalue weighted by Gasteiger charge is 2.69. The van der Waals surface area contributed by atoms with E-state index < -0.39 is 11.3 Å². The molecule has 70 valence electrons. The highest BCUT2D eigenvalue weighted by atomic mass is 19.3. The summed E-state index contributed by atoms with van der Waals surface area (Å²) in [7, 11) is 0. The summed E-state index contributed by atoms with van der Waals surface area (Å²) in [6.45, 7) is 1.48. The van der Waals surface area contributed by atoms with Crippen LogP contribution in [0.25, 0.3) is 0 Å². The van der Waals surface area contributed by atoms with Crippen LogP contribution in [0.5, 0.6) is 0 Å². The van der Waals surface area contributed by atoms with Crippen LogP contribution in [0.2, 0.25) is 0 Å². The molecule has 2 rings (SSSR count). The molecule has 1 heterocycles. The van der Waals surface area contributed by atoms with E-state index in [0.717, 1.165) is 0 Å². The van der Waals surface area contributed by atoms with Gasteiger partial charge in [-0.15, -0.1) is 0 Å². The SMILES string of the molecule is CC1(c2cnc(N)cn2)CC1(F)F. The first-order chi connectivity index (χ1) is 5.96. The molecule has 0 radical (unpaired) electrons. The molecule has 13 heavy (non-hydrogen) atoms. The number of alkyl halides is 2. The zero-order chi connectivity index (χ0) is 9.69. The number of anilines is 1. The van der Waals surface area contributed by atoms with Gasteiger partial charge in [-0.25, -0.2) is 13.8 Å². The molecular formula is C8H9F2N3. The van der Waals surface area contributed by atoms with E-state index in [1.54, 1.807) is 0 Å². The molecule has 1 atom stereocenters. The first-order valence-electron chi connectivity index (χ1n) is 3.91. The molecule has 2 N–H and O–H groups in total. The van der Waals surface area contributed by atoms with Crippen molar-refractivity contribution in [3.63, 3.8) is 0 Å². The number of nitrogen functional groups attached to an aromatic ring is 1. The minimum absolute atomic E-state index is 0.154. The molecule has 1 aromatic rings. The summed E-state index contributed by atoms with van der Waals surface area (Å²) in [5.74, 6) is -2.39. The molecule has 0 aliphatic heterocycles. The van der Waals surface area contributed by atoms with Crippen LogP contribution in [0.3, 0.4) is 0 Å². The molecule has 1 aliphatic rings. The number of nitrogens with two attached hydrogens (primary N) is 1. The van der Waals surface area contributed by atoms with Gasteiger partial charge in [0.15, 0.2) is 0 Å². The second kappa shape index (κ2) is 2.16. The van der Waals surface area contributed by atoms with Crippen molar-refractivity contribution < 1.29 is 8.78 Å². The predicted molar refractivity (Wildman–Crippen MR) is 43.4 cm³/mol. The van der Waals surface area contributed by atoms with Gasteiger partial charge in [0.05, 0.1) is 23.5 Å². The van der Waals surface area contributed by atoms with Crippen molar-refractivity contribution in [3.8, 4) is 0 Å². The molecule has 1 unspecified atom stereocenters. The van der Waals surface area contributed by atoms with Crippen molar-refractivity contribution in [1.82, 2.24) is 9.97 Å². The molecule has 0 spiro atoms. The number of aromatic nitrogens is 2. The van der Waals surface area contributed by atoms with Gasteiger partial charge >= 0.3 is 0 Å². The third-order valence-corrected chi connectivity index (χ3v) is 2.49.